The van der Waals surface area contributed by atoms with Crippen LogP contribution in [0, 0.1) is 13.8 Å². The summed E-state index contributed by atoms with van der Waals surface area (Å²) in [6.45, 7) is 4.03. The van der Waals surface area contributed by atoms with Gasteiger partial charge in [0.1, 0.15) is 17.5 Å². The number of amides is 1. The number of carbonyl (C=O) groups is 1. The Balaban J connectivity index is 2.72. The van der Waals surface area contributed by atoms with E-state index in [1.54, 1.807) is 6.92 Å². The van der Waals surface area contributed by atoms with Crippen LogP contribution in [0.4, 0.5) is 11.6 Å². The third-order valence-corrected chi connectivity index (χ3v) is 1.96. The van der Waals surface area contributed by atoms with Gasteiger partial charge >= 0.3 is 0 Å². The maximum atomic E-state index is 10.5. The molecule has 0 saturated heterocycles. The summed E-state index contributed by atoms with van der Waals surface area (Å²) in [5, 5.41) is 2.99. The first kappa shape index (κ1) is 11.2. The summed E-state index contributed by atoms with van der Waals surface area (Å²) >= 11 is 0. The lowest BCUT2D eigenvalue weighted by Gasteiger charge is -2.09. The number of carbonyl (C=O) groups excluding carboxylic acids is 1. The minimum atomic E-state index is -0.348. The fourth-order valence-corrected chi connectivity index (χ4v) is 1.13. The van der Waals surface area contributed by atoms with Crippen LogP contribution in [0.15, 0.2) is 0 Å². The van der Waals surface area contributed by atoms with E-state index >= 15 is 0 Å². The highest BCUT2D eigenvalue weighted by Crippen LogP contribution is 2.16. The molecule has 0 radical (unpaired) electrons. The van der Waals surface area contributed by atoms with E-state index in [1.807, 2.05) is 6.92 Å². The van der Waals surface area contributed by atoms with E-state index in [9.17, 15) is 4.79 Å². The fraction of sp³-hybridized carbons (Fsp3) is 0.444. The number of nitrogens with one attached hydrogen (secondary N) is 1. The summed E-state index contributed by atoms with van der Waals surface area (Å²) in [6, 6.07) is 0. The molecule has 6 nitrogen and oxygen atoms in total. The minimum Gasteiger partial charge on any atom is -0.383 e. The van der Waals surface area contributed by atoms with Crippen molar-refractivity contribution in [2.45, 2.75) is 20.3 Å². The molecule has 1 aromatic heterocycles. The Labute approximate surface area is 88.1 Å². The van der Waals surface area contributed by atoms with Gasteiger partial charge in [0.2, 0.25) is 5.91 Å². The molecule has 15 heavy (non-hydrogen) atoms. The van der Waals surface area contributed by atoms with Gasteiger partial charge in [-0.1, -0.05) is 0 Å². The van der Waals surface area contributed by atoms with E-state index in [4.69, 9.17) is 11.5 Å². The van der Waals surface area contributed by atoms with E-state index in [0.717, 1.165) is 5.56 Å². The molecule has 0 aromatic carbocycles. The standard InChI is InChI=1S/C9H15N5O/c1-5-8(11)13-6(2)14-9(5)12-4-3-7(10)15/h3-4H2,1-2H3,(H2,10,15)(H3,11,12,13,14). The smallest absolute Gasteiger partial charge is 0.219 e. The molecule has 0 fully saturated rings. The van der Waals surface area contributed by atoms with Gasteiger partial charge in [-0.15, -0.1) is 0 Å². The summed E-state index contributed by atoms with van der Waals surface area (Å²) in [4.78, 5) is 18.7. The number of anilines is 2. The normalized spacial score (nSPS) is 10.0. The summed E-state index contributed by atoms with van der Waals surface area (Å²) in [5.74, 6) is 1.35. The Morgan fingerprint density at radius 2 is 2.07 bits per heavy atom. The summed E-state index contributed by atoms with van der Waals surface area (Å²) in [5.41, 5.74) is 11.5. The first-order chi connectivity index (χ1) is 7.00. The number of primary amides is 1. The first-order valence-corrected chi connectivity index (χ1v) is 4.63. The van der Waals surface area contributed by atoms with Gasteiger partial charge < -0.3 is 16.8 Å². The molecule has 82 valence electrons. The van der Waals surface area contributed by atoms with Crippen molar-refractivity contribution < 1.29 is 4.79 Å². The molecular formula is C9H15N5O. The molecule has 1 heterocycles. The van der Waals surface area contributed by atoms with Gasteiger partial charge in [0, 0.05) is 18.5 Å². The van der Waals surface area contributed by atoms with Crippen LogP contribution in [0.2, 0.25) is 0 Å². The molecule has 6 heteroatoms. The maximum absolute atomic E-state index is 10.5. The second-order valence-electron chi connectivity index (χ2n) is 3.27. The molecule has 0 aliphatic heterocycles. The van der Waals surface area contributed by atoms with Gasteiger partial charge in [-0.2, -0.15) is 0 Å². The number of nitrogens with two attached hydrogens (primary N) is 2. The largest absolute Gasteiger partial charge is 0.383 e. The van der Waals surface area contributed by atoms with Crippen LogP contribution in [0.1, 0.15) is 17.8 Å². The van der Waals surface area contributed by atoms with Gasteiger partial charge in [0.05, 0.1) is 0 Å². The molecule has 0 spiro atoms. The Kier molecular flexibility index (Phi) is 3.43. The molecule has 5 N–H and O–H groups in total. The SMILES string of the molecule is Cc1nc(N)c(C)c(NCCC(N)=O)n1. The molecular weight excluding hydrogens is 194 g/mol. The van der Waals surface area contributed by atoms with Crippen LogP contribution in [0.3, 0.4) is 0 Å². The quantitative estimate of drug-likeness (QED) is 0.645. The molecule has 0 bridgehead atoms. The topological polar surface area (TPSA) is 107 Å². The van der Waals surface area contributed by atoms with E-state index < -0.39 is 0 Å². The third kappa shape index (κ3) is 3.08. The van der Waals surface area contributed by atoms with Crippen LogP contribution in [-0.4, -0.2) is 22.4 Å². The number of aromatic nitrogens is 2. The number of rotatable bonds is 4. The van der Waals surface area contributed by atoms with Gasteiger partial charge in [0.25, 0.3) is 0 Å². The number of nitrogen functional groups attached to an aromatic ring is 1. The first-order valence-electron chi connectivity index (χ1n) is 4.63. The monoisotopic (exact) mass is 209 g/mol. The third-order valence-electron chi connectivity index (χ3n) is 1.96. The van der Waals surface area contributed by atoms with Crippen molar-refractivity contribution in [3.63, 3.8) is 0 Å². The summed E-state index contributed by atoms with van der Waals surface area (Å²) in [6.07, 6.45) is 0.266. The molecule has 1 aromatic rings. The van der Waals surface area contributed by atoms with Crippen LogP contribution in [-0.2, 0) is 4.79 Å². The number of hydrogen-bond acceptors (Lipinski definition) is 5. The zero-order valence-electron chi connectivity index (χ0n) is 8.87. The predicted octanol–water partition coefficient (Wildman–Crippen LogP) is -0.0371. The summed E-state index contributed by atoms with van der Waals surface area (Å²) < 4.78 is 0. The van der Waals surface area contributed by atoms with Crippen molar-refractivity contribution in [2.75, 3.05) is 17.6 Å². The predicted molar refractivity (Wildman–Crippen MR) is 58.2 cm³/mol. The Bertz CT molecular complexity index is 377. The average molecular weight is 209 g/mol. The lowest BCUT2D eigenvalue weighted by Crippen LogP contribution is -2.17. The number of hydrogen-bond donors (Lipinski definition) is 3. The number of aryl methyl sites for hydroxylation is 1. The van der Waals surface area contributed by atoms with Crippen molar-refractivity contribution in [3.8, 4) is 0 Å². The van der Waals surface area contributed by atoms with Gasteiger partial charge in [0.15, 0.2) is 0 Å². The lowest BCUT2D eigenvalue weighted by atomic mass is 10.3. The highest BCUT2D eigenvalue weighted by molar-refractivity contribution is 5.74. The van der Waals surface area contributed by atoms with Crippen LogP contribution < -0.4 is 16.8 Å². The fourth-order valence-electron chi connectivity index (χ4n) is 1.13. The molecule has 1 amide bonds. The molecule has 0 aliphatic rings. The number of nitrogens with zero attached hydrogens (tertiary/aromatic N) is 2. The summed E-state index contributed by atoms with van der Waals surface area (Å²) in [7, 11) is 0. The highest BCUT2D eigenvalue weighted by atomic mass is 16.1. The van der Waals surface area contributed by atoms with Crippen LogP contribution >= 0.6 is 0 Å². The highest BCUT2D eigenvalue weighted by Gasteiger charge is 2.05. The zero-order valence-corrected chi connectivity index (χ0v) is 8.87. The minimum absolute atomic E-state index is 0.266. The molecule has 0 unspecified atom stereocenters. The second-order valence-corrected chi connectivity index (χ2v) is 3.27. The van der Waals surface area contributed by atoms with E-state index in [0.29, 0.717) is 24.0 Å². The Morgan fingerprint density at radius 3 is 2.67 bits per heavy atom. The zero-order chi connectivity index (χ0) is 11.4. The molecule has 0 aliphatic carbocycles. The average Bonchev–Trinajstić information content (AvgIpc) is 2.12. The van der Waals surface area contributed by atoms with Gasteiger partial charge in [-0.3, -0.25) is 4.79 Å². The lowest BCUT2D eigenvalue weighted by molar-refractivity contribution is -0.117. The van der Waals surface area contributed by atoms with Crippen molar-refractivity contribution in [3.05, 3.63) is 11.4 Å². The second kappa shape index (κ2) is 4.59. The van der Waals surface area contributed by atoms with E-state index in [-0.39, 0.29) is 12.3 Å². The maximum Gasteiger partial charge on any atom is 0.219 e. The van der Waals surface area contributed by atoms with E-state index in [2.05, 4.69) is 15.3 Å². The van der Waals surface area contributed by atoms with Gasteiger partial charge in [-0.05, 0) is 13.8 Å². The van der Waals surface area contributed by atoms with Crippen LogP contribution in [0.5, 0.6) is 0 Å². The van der Waals surface area contributed by atoms with Gasteiger partial charge in [-0.25, -0.2) is 9.97 Å². The van der Waals surface area contributed by atoms with Crippen molar-refractivity contribution in [1.29, 1.82) is 0 Å². The van der Waals surface area contributed by atoms with Crippen molar-refractivity contribution in [1.82, 2.24) is 9.97 Å². The van der Waals surface area contributed by atoms with Crippen molar-refractivity contribution in [2.24, 2.45) is 5.73 Å². The van der Waals surface area contributed by atoms with Crippen molar-refractivity contribution >= 4 is 17.5 Å². The van der Waals surface area contributed by atoms with Crippen LogP contribution in [0.25, 0.3) is 0 Å². The molecule has 0 atom stereocenters. The Hall–Kier alpha value is -1.85. The molecule has 1 rings (SSSR count). The Morgan fingerprint density at radius 1 is 1.40 bits per heavy atom. The van der Waals surface area contributed by atoms with E-state index in [1.165, 1.54) is 0 Å². The molecule has 0 saturated carbocycles.